The highest BCUT2D eigenvalue weighted by Gasteiger charge is 2.12. The maximum atomic E-state index is 11.5. The molecule has 4 heteroatoms. The lowest BCUT2D eigenvalue weighted by Gasteiger charge is -2.07. The fourth-order valence-corrected chi connectivity index (χ4v) is 2.27. The second-order valence-corrected chi connectivity index (χ2v) is 5.17. The molecule has 0 amide bonds. The predicted molar refractivity (Wildman–Crippen MR) is 96.4 cm³/mol. The van der Waals surface area contributed by atoms with Crippen molar-refractivity contribution in [3.05, 3.63) is 90.5 Å². The molecule has 118 valence electrons. The second-order valence-electron chi connectivity index (χ2n) is 5.17. The number of aliphatic imine (C=N–C) groups is 1. The van der Waals surface area contributed by atoms with Crippen molar-refractivity contribution >= 4 is 28.7 Å². The summed E-state index contributed by atoms with van der Waals surface area (Å²) in [7, 11) is 0. The number of carbonyl (C=O) groups is 1. The third kappa shape index (κ3) is 3.87. The van der Waals surface area contributed by atoms with Gasteiger partial charge in [-0.2, -0.15) is 0 Å². The van der Waals surface area contributed by atoms with Crippen molar-refractivity contribution in [2.75, 3.05) is 5.32 Å². The van der Waals surface area contributed by atoms with Crippen molar-refractivity contribution in [3.8, 4) is 0 Å². The van der Waals surface area contributed by atoms with Gasteiger partial charge in [0.1, 0.15) is 0 Å². The Balaban J connectivity index is 1.83. The quantitative estimate of drug-likeness (QED) is 0.674. The number of hydrogen-bond donors (Lipinski definition) is 2. The number of anilines is 2. The Labute approximate surface area is 140 Å². The Kier molecular flexibility index (Phi) is 4.68. The zero-order chi connectivity index (χ0) is 16.8. The van der Waals surface area contributed by atoms with Crippen molar-refractivity contribution < 1.29 is 9.90 Å². The van der Waals surface area contributed by atoms with E-state index < -0.39 is 5.97 Å². The lowest BCUT2D eigenvalue weighted by atomic mass is 10.1. The first-order valence-corrected chi connectivity index (χ1v) is 7.52. The molecule has 0 bridgehead atoms. The van der Waals surface area contributed by atoms with E-state index in [0.29, 0.717) is 11.3 Å². The molecule has 0 heterocycles. The molecule has 0 saturated carbocycles. The fraction of sp³-hybridized carbons (Fsp3) is 0. The molecule has 0 radical (unpaired) electrons. The summed E-state index contributed by atoms with van der Waals surface area (Å²) in [6.45, 7) is 0. The van der Waals surface area contributed by atoms with Gasteiger partial charge in [-0.3, -0.25) is 0 Å². The van der Waals surface area contributed by atoms with Gasteiger partial charge in [0.2, 0.25) is 0 Å². The van der Waals surface area contributed by atoms with Gasteiger partial charge in [0.15, 0.2) is 5.71 Å². The molecule has 3 rings (SSSR count). The highest BCUT2D eigenvalue weighted by Crippen LogP contribution is 2.21. The number of nitrogens with zero attached hydrogens (tertiary/aromatic N) is 1. The van der Waals surface area contributed by atoms with Gasteiger partial charge in [-0.05, 0) is 36.4 Å². The van der Waals surface area contributed by atoms with Crippen molar-refractivity contribution in [2.24, 2.45) is 4.99 Å². The fourth-order valence-electron chi connectivity index (χ4n) is 2.27. The van der Waals surface area contributed by atoms with Crippen LogP contribution >= 0.6 is 0 Å². The summed E-state index contributed by atoms with van der Waals surface area (Å²) >= 11 is 0. The van der Waals surface area contributed by atoms with E-state index in [1.54, 1.807) is 36.4 Å². The predicted octanol–water partition coefficient (Wildman–Crippen LogP) is 4.64. The van der Waals surface area contributed by atoms with E-state index in [4.69, 9.17) is 0 Å². The maximum Gasteiger partial charge on any atom is 0.355 e. The number of carboxylic acid groups (broad SMARTS) is 1. The molecule has 4 nitrogen and oxygen atoms in total. The molecular formula is C20H16N2O2. The molecule has 3 aromatic rings. The zero-order valence-corrected chi connectivity index (χ0v) is 12.9. The third-order valence-electron chi connectivity index (χ3n) is 3.42. The molecule has 0 unspecified atom stereocenters. The van der Waals surface area contributed by atoms with E-state index in [0.717, 1.165) is 11.4 Å². The standard InChI is InChI=1S/C20H16N2O2/c23-20(24)19(15-7-3-1-4-8-15)22-18-13-11-17(12-14-18)21-16-9-5-2-6-10-16/h1-14,21H,(H,23,24). The summed E-state index contributed by atoms with van der Waals surface area (Å²) < 4.78 is 0. The van der Waals surface area contributed by atoms with Crippen molar-refractivity contribution in [2.45, 2.75) is 0 Å². The normalized spacial score (nSPS) is 11.1. The average Bonchev–Trinajstić information content (AvgIpc) is 2.62. The van der Waals surface area contributed by atoms with Gasteiger partial charge < -0.3 is 10.4 Å². The molecule has 2 N–H and O–H groups in total. The third-order valence-corrected chi connectivity index (χ3v) is 3.42. The number of aliphatic carboxylic acids is 1. The first-order valence-electron chi connectivity index (χ1n) is 7.52. The zero-order valence-electron chi connectivity index (χ0n) is 12.9. The molecule has 24 heavy (non-hydrogen) atoms. The van der Waals surface area contributed by atoms with Crippen LogP contribution in [0.2, 0.25) is 0 Å². The Morgan fingerprint density at radius 3 is 1.88 bits per heavy atom. The Hall–Kier alpha value is -3.40. The summed E-state index contributed by atoms with van der Waals surface area (Å²) in [6, 6.07) is 26.0. The lowest BCUT2D eigenvalue weighted by Crippen LogP contribution is -2.13. The number of nitrogens with one attached hydrogen (secondary N) is 1. The summed E-state index contributed by atoms with van der Waals surface area (Å²) in [6.07, 6.45) is 0. The van der Waals surface area contributed by atoms with Crippen LogP contribution in [0.3, 0.4) is 0 Å². The molecule has 3 aromatic carbocycles. The van der Waals surface area contributed by atoms with Crippen LogP contribution in [0, 0.1) is 0 Å². The summed E-state index contributed by atoms with van der Waals surface area (Å²) in [4.78, 5) is 15.7. The summed E-state index contributed by atoms with van der Waals surface area (Å²) in [5.41, 5.74) is 3.10. The topological polar surface area (TPSA) is 61.7 Å². The molecule has 0 aliphatic heterocycles. The van der Waals surface area contributed by atoms with Gasteiger partial charge in [0.05, 0.1) is 5.69 Å². The minimum absolute atomic E-state index is 0.0272. The minimum Gasteiger partial charge on any atom is -0.476 e. The maximum absolute atomic E-state index is 11.5. The first kappa shape index (κ1) is 15.5. The van der Waals surface area contributed by atoms with Crippen LogP contribution in [-0.4, -0.2) is 16.8 Å². The van der Waals surface area contributed by atoms with E-state index in [9.17, 15) is 9.90 Å². The van der Waals surface area contributed by atoms with Crippen LogP contribution < -0.4 is 5.32 Å². The molecule has 0 saturated heterocycles. The van der Waals surface area contributed by atoms with Gasteiger partial charge in [0.25, 0.3) is 0 Å². The number of hydrogen-bond acceptors (Lipinski definition) is 3. The smallest absolute Gasteiger partial charge is 0.355 e. The molecule has 0 fully saturated rings. The van der Waals surface area contributed by atoms with Crippen LogP contribution in [0.5, 0.6) is 0 Å². The monoisotopic (exact) mass is 316 g/mol. The molecular weight excluding hydrogens is 300 g/mol. The minimum atomic E-state index is -1.05. The van der Waals surface area contributed by atoms with Crippen LogP contribution in [0.4, 0.5) is 17.1 Å². The largest absolute Gasteiger partial charge is 0.476 e. The SMILES string of the molecule is O=C(O)C(=Nc1ccc(Nc2ccccc2)cc1)c1ccccc1. The van der Waals surface area contributed by atoms with Crippen molar-refractivity contribution in [3.63, 3.8) is 0 Å². The van der Waals surface area contributed by atoms with E-state index in [2.05, 4.69) is 10.3 Å². The van der Waals surface area contributed by atoms with Crippen LogP contribution in [-0.2, 0) is 4.79 Å². The second kappa shape index (κ2) is 7.24. The van der Waals surface area contributed by atoms with Gasteiger partial charge >= 0.3 is 5.97 Å². The summed E-state index contributed by atoms with van der Waals surface area (Å²) in [5, 5.41) is 12.7. The number of carboxylic acids is 1. The van der Waals surface area contributed by atoms with Crippen LogP contribution in [0.1, 0.15) is 5.56 Å². The van der Waals surface area contributed by atoms with Gasteiger partial charge in [0, 0.05) is 16.9 Å². The van der Waals surface area contributed by atoms with Crippen LogP contribution in [0.15, 0.2) is 89.9 Å². The molecule has 0 spiro atoms. The molecule has 0 atom stereocenters. The highest BCUT2D eigenvalue weighted by molar-refractivity contribution is 6.43. The Morgan fingerprint density at radius 1 is 0.750 bits per heavy atom. The molecule has 0 aliphatic rings. The number of benzene rings is 3. The summed E-state index contributed by atoms with van der Waals surface area (Å²) in [5.74, 6) is -1.05. The van der Waals surface area contributed by atoms with E-state index in [-0.39, 0.29) is 5.71 Å². The van der Waals surface area contributed by atoms with Crippen LogP contribution in [0.25, 0.3) is 0 Å². The van der Waals surface area contributed by atoms with Crippen molar-refractivity contribution in [1.82, 2.24) is 0 Å². The Bertz CT molecular complexity index is 842. The highest BCUT2D eigenvalue weighted by atomic mass is 16.4. The average molecular weight is 316 g/mol. The van der Waals surface area contributed by atoms with Crippen molar-refractivity contribution in [1.29, 1.82) is 0 Å². The number of para-hydroxylation sites is 1. The van der Waals surface area contributed by atoms with E-state index >= 15 is 0 Å². The number of rotatable bonds is 5. The van der Waals surface area contributed by atoms with E-state index in [1.807, 2.05) is 48.5 Å². The van der Waals surface area contributed by atoms with Gasteiger partial charge in [-0.25, -0.2) is 9.79 Å². The molecule has 0 aromatic heterocycles. The molecule has 0 aliphatic carbocycles. The van der Waals surface area contributed by atoms with Gasteiger partial charge in [-0.1, -0.05) is 48.5 Å². The van der Waals surface area contributed by atoms with E-state index in [1.165, 1.54) is 0 Å². The van der Waals surface area contributed by atoms with Gasteiger partial charge in [-0.15, -0.1) is 0 Å². The Morgan fingerprint density at radius 2 is 1.29 bits per heavy atom. The lowest BCUT2D eigenvalue weighted by molar-refractivity contribution is -0.129. The first-order chi connectivity index (χ1) is 11.7.